The lowest BCUT2D eigenvalue weighted by Crippen LogP contribution is -2.34. The molecule has 1 heterocycles. The van der Waals surface area contributed by atoms with Crippen molar-refractivity contribution in [2.45, 2.75) is 53.1 Å². The highest BCUT2D eigenvalue weighted by Gasteiger charge is 2.39. The van der Waals surface area contributed by atoms with Crippen molar-refractivity contribution in [3.63, 3.8) is 0 Å². The van der Waals surface area contributed by atoms with Crippen LogP contribution in [0.3, 0.4) is 0 Å². The molecule has 0 amide bonds. The Labute approximate surface area is 146 Å². The van der Waals surface area contributed by atoms with Gasteiger partial charge in [-0.25, -0.2) is 4.79 Å². The largest absolute Gasteiger partial charge is 0.504 e. The summed E-state index contributed by atoms with van der Waals surface area (Å²) in [5.74, 6) is -1.07. The normalized spacial score (nSPS) is 20.7. The average molecular weight is 342 g/mol. The molecule has 0 fully saturated rings. The summed E-state index contributed by atoms with van der Waals surface area (Å²) in [5.41, 5.74) is 3.64. The molecule has 1 aromatic heterocycles. The molecule has 2 aromatic rings. The maximum atomic E-state index is 12.9. The number of fused-ring (bicyclic) bond motifs is 2. The van der Waals surface area contributed by atoms with Gasteiger partial charge in [0.05, 0.1) is 11.8 Å². The van der Waals surface area contributed by atoms with Crippen molar-refractivity contribution in [2.24, 2.45) is 0 Å². The van der Waals surface area contributed by atoms with Crippen LogP contribution >= 0.6 is 0 Å². The van der Waals surface area contributed by atoms with E-state index in [0.29, 0.717) is 17.6 Å². The van der Waals surface area contributed by atoms with Crippen LogP contribution in [0.25, 0.3) is 11.0 Å². The number of allylic oxidation sites excluding steroid dienone is 1. The van der Waals surface area contributed by atoms with Gasteiger partial charge in [-0.3, -0.25) is 4.79 Å². The Morgan fingerprint density at radius 3 is 2.72 bits per heavy atom. The first-order valence-electron chi connectivity index (χ1n) is 8.39. The van der Waals surface area contributed by atoms with Gasteiger partial charge in [-0.1, -0.05) is 13.0 Å². The third kappa shape index (κ3) is 2.54. The zero-order valence-corrected chi connectivity index (χ0v) is 15.1. The molecule has 2 atom stereocenters. The Balaban J connectivity index is 2.13. The summed E-state index contributed by atoms with van der Waals surface area (Å²) < 4.78 is 10.9. The van der Waals surface area contributed by atoms with Crippen LogP contribution in [0, 0.1) is 13.8 Å². The number of hydrogen-bond donors (Lipinski definition) is 1. The first kappa shape index (κ1) is 17.3. The van der Waals surface area contributed by atoms with Gasteiger partial charge < -0.3 is 14.3 Å². The number of ketones is 1. The molecule has 132 valence electrons. The molecule has 1 N–H and O–H groups in total. The van der Waals surface area contributed by atoms with E-state index in [4.69, 9.17) is 9.15 Å². The smallest absolute Gasteiger partial charge is 0.334 e. The number of benzene rings is 1. The van der Waals surface area contributed by atoms with Gasteiger partial charge in [0.15, 0.2) is 17.4 Å². The molecule has 1 aliphatic carbocycles. The molecular formula is C20H22O5. The minimum Gasteiger partial charge on any atom is -0.504 e. The lowest BCUT2D eigenvalue weighted by atomic mass is 9.77. The third-order valence-electron chi connectivity index (χ3n) is 5.08. The topological polar surface area (TPSA) is 76.7 Å². The van der Waals surface area contributed by atoms with Crippen molar-refractivity contribution in [3.05, 3.63) is 40.2 Å². The molecule has 3 rings (SSSR count). The number of aryl methyl sites for hydroxylation is 2. The van der Waals surface area contributed by atoms with Gasteiger partial charge in [-0.15, -0.1) is 0 Å². The van der Waals surface area contributed by atoms with Crippen LogP contribution in [0.4, 0.5) is 0 Å². The fraction of sp³-hybridized carbons (Fsp3) is 0.400. The summed E-state index contributed by atoms with van der Waals surface area (Å²) in [7, 11) is 0. The number of carbonyl (C=O) groups excluding carboxylic acids is 2. The minimum atomic E-state index is -0.899. The Morgan fingerprint density at radius 2 is 2.08 bits per heavy atom. The highest BCUT2D eigenvalue weighted by Crippen LogP contribution is 2.45. The highest BCUT2D eigenvalue weighted by atomic mass is 16.5. The number of carbonyl (C=O) groups is 2. The zero-order valence-electron chi connectivity index (χ0n) is 15.1. The maximum absolute atomic E-state index is 12.9. The predicted molar refractivity (Wildman–Crippen MR) is 94.0 cm³/mol. The summed E-state index contributed by atoms with van der Waals surface area (Å²) in [6, 6.07) is 0. The Bertz CT molecular complexity index is 916. The van der Waals surface area contributed by atoms with Gasteiger partial charge in [-0.05, 0) is 56.7 Å². The van der Waals surface area contributed by atoms with Crippen LogP contribution < -0.4 is 0 Å². The quantitative estimate of drug-likeness (QED) is 0.649. The molecule has 0 spiro atoms. The van der Waals surface area contributed by atoms with Gasteiger partial charge in [0.25, 0.3) is 0 Å². The number of phenolic OH excluding ortho intramolecular Hbond substituents is 1. The fourth-order valence-electron chi connectivity index (χ4n) is 3.66. The minimum absolute atomic E-state index is 0.0268. The van der Waals surface area contributed by atoms with Crippen LogP contribution in [-0.2, 0) is 9.53 Å². The second kappa shape index (κ2) is 6.06. The molecule has 0 aliphatic heterocycles. The summed E-state index contributed by atoms with van der Waals surface area (Å²) in [6.07, 6.45) is 2.72. The molecule has 5 heteroatoms. The SMILES string of the molecule is CC=C(C)C(=O)O[C@H]1C[C@H](C)c2c(c(O)c3occ(C)c3c2C)C1=O. The van der Waals surface area contributed by atoms with E-state index in [1.165, 1.54) is 0 Å². The van der Waals surface area contributed by atoms with Crippen molar-refractivity contribution >= 4 is 22.7 Å². The molecule has 0 saturated carbocycles. The van der Waals surface area contributed by atoms with Crippen molar-refractivity contribution in [1.82, 2.24) is 0 Å². The van der Waals surface area contributed by atoms with E-state index in [9.17, 15) is 14.7 Å². The van der Waals surface area contributed by atoms with Crippen LogP contribution in [0.15, 0.2) is 22.3 Å². The van der Waals surface area contributed by atoms with Gasteiger partial charge in [0, 0.05) is 11.0 Å². The maximum Gasteiger partial charge on any atom is 0.334 e. The number of rotatable bonds is 2. The Hall–Kier alpha value is -2.56. The van der Waals surface area contributed by atoms with Gasteiger partial charge >= 0.3 is 5.97 Å². The number of furan rings is 1. The summed E-state index contributed by atoms with van der Waals surface area (Å²) in [6.45, 7) is 9.20. The third-order valence-corrected chi connectivity index (χ3v) is 5.08. The molecule has 25 heavy (non-hydrogen) atoms. The zero-order chi connectivity index (χ0) is 18.5. The van der Waals surface area contributed by atoms with Gasteiger partial charge in [-0.2, -0.15) is 0 Å². The molecule has 1 aliphatic rings. The second-order valence-electron chi connectivity index (χ2n) is 6.75. The van der Waals surface area contributed by atoms with E-state index in [1.807, 2.05) is 20.8 Å². The van der Waals surface area contributed by atoms with Crippen molar-refractivity contribution in [1.29, 1.82) is 0 Å². The van der Waals surface area contributed by atoms with E-state index >= 15 is 0 Å². The molecule has 0 bridgehead atoms. The highest BCUT2D eigenvalue weighted by molar-refractivity contribution is 6.10. The monoisotopic (exact) mass is 342 g/mol. The first-order valence-corrected chi connectivity index (χ1v) is 8.39. The Morgan fingerprint density at radius 1 is 1.40 bits per heavy atom. The summed E-state index contributed by atoms with van der Waals surface area (Å²) >= 11 is 0. The van der Waals surface area contributed by atoms with Gasteiger partial charge in [0.2, 0.25) is 5.78 Å². The van der Waals surface area contributed by atoms with Crippen molar-refractivity contribution in [2.75, 3.05) is 0 Å². The number of hydrogen-bond acceptors (Lipinski definition) is 5. The first-order chi connectivity index (χ1) is 11.8. The van der Waals surface area contributed by atoms with E-state index in [1.54, 1.807) is 26.2 Å². The second-order valence-corrected chi connectivity index (χ2v) is 6.75. The molecule has 0 unspecified atom stereocenters. The average Bonchev–Trinajstić information content (AvgIpc) is 2.97. The van der Waals surface area contributed by atoms with Crippen molar-refractivity contribution in [3.8, 4) is 5.75 Å². The number of aromatic hydroxyl groups is 1. The lowest BCUT2D eigenvalue weighted by molar-refractivity contribution is -0.142. The van der Waals surface area contributed by atoms with Crippen LogP contribution in [0.1, 0.15) is 60.2 Å². The molecule has 5 nitrogen and oxygen atoms in total. The fourth-order valence-corrected chi connectivity index (χ4v) is 3.66. The molecule has 1 aromatic carbocycles. The Kier molecular flexibility index (Phi) is 4.19. The van der Waals surface area contributed by atoms with Crippen LogP contribution in [-0.4, -0.2) is 23.0 Å². The molecule has 0 saturated heterocycles. The number of phenols is 1. The van der Waals surface area contributed by atoms with Crippen LogP contribution in [0.2, 0.25) is 0 Å². The molecular weight excluding hydrogens is 320 g/mol. The van der Waals surface area contributed by atoms with E-state index in [2.05, 4.69) is 0 Å². The number of Topliss-reactive ketones (excluding diaryl/α,β-unsaturated/α-hetero) is 1. The van der Waals surface area contributed by atoms with Gasteiger partial charge in [0.1, 0.15) is 0 Å². The predicted octanol–water partition coefficient (Wildman–Crippen LogP) is 4.32. The summed E-state index contributed by atoms with van der Waals surface area (Å²) in [5, 5.41) is 11.5. The number of esters is 1. The lowest BCUT2D eigenvalue weighted by Gasteiger charge is -2.30. The number of ether oxygens (including phenoxy) is 1. The van der Waals surface area contributed by atoms with E-state index < -0.39 is 12.1 Å². The summed E-state index contributed by atoms with van der Waals surface area (Å²) in [4.78, 5) is 25.0. The van der Waals surface area contributed by atoms with Crippen molar-refractivity contribution < 1.29 is 23.8 Å². The standard InChI is InChI=1S/C20H22O5/c1-6-9(2)20(23)25-13-7-10(3)14-12(5)15-11(4)8-24-19(15)18(22)16(14)17(13)21/h6,8,10,13,22H,7H2,1-5H3/t10-,13-/m0/s1. The van der Waals surface area contributed by atoms with E-state index in [0.717, 1.165) is 22.1 Å². The van der Waals surface area contributed by atoms with E-state index in [-0.39, 0.29) is 23.0 Å². The molecule has 0 radical (unpaired) electrons. The van der Waals surface area contributed by atoms with Crippen LogP contribution in [0.5, 0.6) is 5.75 Å².